The first-order valence-corrected chi connectivity index (χ1v) is 3.70. The van der Waals surface area contributed by atoms with Crippen LogP contribution in [0, 0.1) is 20.8 Å². The summed E-state index contributed by atoms with van der Waals surface area (Å²) in [5.74, 6) is 0. The lowest BCUT2D eigenvalue weighted by Crippen LogP contribution is -1.73. The minimum Gasteiger partial charge on any atom is -0.282 e. The average Bonchev–Trinajstić information content (AvgIpc) is 2.25. The van der Waals surface area contributed by atoms with Crippen molar-refractivity contribution in [1.29, 1.82) is 0 Å². The van der Waals surface area contributed by atoms with Gasteiger partial charge in [-0.3, -0.25) is 5.10 Å². The van der Waals surface area contributed by atoms with Crippen LogP contribution in [0.4, 0.5) is 0 Å². The Morgan fingerprint density at radius 3 is 1.70 bits per heavy atom. The van der Waals surface area contributed by atoms with Crippen LogP contribution in [0.1, 0.15) is 30.8 Å². The van der Waals surface area contributed by atoms with Gasteiger partial charge in [0.2, 0.25) is 0 Å². The summed E-state index contributed by atoms with van der Waals surface area (Å²) < 4.78 is 0. The van der Waals surface area contributed by atoms with Crippen LogP contribution in [0.15, 0.2) is 0 Å². The first-order chi connectivity index (χ1) is 4.72. The number of nitrogens with zero attached hydrogens (tertiary/aromatic N) is 1. The molecule has 0 unspecified atom stereocenters. The Balaban J connectivity index is 0.000000371. The zero-order valence-electron chi connectivity index (χ0n) is 7.45. The van der Waals surface area contributed by atoms with E-state index in [1.54, 1.807) is 0 Å². The highest BCUT2D eigenvalue weighted by Gasteiger charge is 1.96. The van der Waals surface area contributed by atoms with E-state index >= 15 is 0 Å². The molecule has 10 heavy (non-hydrogen) atoms. The molecule has 0 fully saturated rings. The van der Waals surface area contributed by atoms with Gasteiger partial charge in [0.1, 0.15) is 0 Å². The monoisotopic (exact) mass is 140 g/mol. The van der Waals surface area contributed by atoms with Gasteiger partial charge >= 0.3 is 0 Å². The van der Waals surface area contributed by atoms with Gasteiger partial charge in [-0.05, 0) is 26.3 Å². The van der Waals surface area contributed by atoms with Crippen LogP contribution in [-0.2, 0) is 0 Å². The van der Waals surface area contributed by atoms with E-state index in [-0.39, 0.29) is 0 Å². The SMILES string of the molecule is CC.Cc1n[nH]c(C)c1C. The molecule has 1 aromatic heterocycles. The van der Waals surface area contributed by atoms with E-state index in [4.69, 9.17) is 0 Å². The zero-order chi connectivity index (χ0) is 8.15. The van der Waals surface area contributed by atoms with Crippen molar-refractivity contribution in [3.05, 3.63) is 17.0 Å². The smallest absolute Gasteiger partial charge is 0.0623 e. The van der Waals surface area contributed by atoms with Gasteiger partial charge in [-0.2, -0.15) is 5.10 Å². The summed E-state index contributed by atoms with van der Waals surface area (Å²) in [6, 6.07) is 0. The van der Waals surface area contributed by atoms with E-state index < -0.39 is 0 Å². The first kappa shape index (κ1) is 9.21. The predicted octanol–water partition coefficient (Wildman–Crippen LogP) is 2.36. The summed E-state index contributed by atoms with van der Waals surface area (Å²) in [5, 5.41) is 6.88. The molecule has 0 aliphatic rings. The highest BCUT2D eigenvalue weighted by atomic mass is 15.1. The maximum absolute atomic E-state index is 3.99. The number of H-pyrrole nitrogens is 1. The Morgan fingerprint density at radius 1 is 1.10 bits per heavy atom. The van der Waals surface area contributed by atoms with E-state index in [1.807, 2.05) is 27.7 Å². The van der Waals surface area contributed by atoms with Crippen molar-refractivity contribution in [1.82, 2.24) is 10.2 Å². The third kappa shape index (κ3) is 1.87. The standard InChI is InChI=1S/C6H10N2.C2H6/c1-4-5(2)7-8-6(4)3;1-2/h1-3H3,(H,7,8);1-2H3. The maximum atomic E-state index is 3.99. The number of rotatable bonds is 0. The van der Waals surface area contributed by atoms with Crippen molar-refractivity contribution < 1.29 is 0 Å². The molecule has 2 nitrogen and oxygen atoms in total. The van der Waals surface area contributed by atoms with Crippen molar-refractivity contribution in [3.8, 4) is 0 Å². The fourth-order valence-electron chi connectivity index (χ4n) is 0.607. The van der Waals surface area contributed by atoms with Gasteiger partial charge in [0.05, 0.1) is 5.69 Å². The topological polar surface area (TPSA) is 28.7 Å². The minimum absolute atomic E-state index is 1.10. The molecule has 1 N–H and O–H groups in total. The lowest BCUT2D eigenvalue weighted by atomic mass is 10.2. The van der Waals surface area contributed by atoms with Gasteiger partial charge in [0, 0.05) is 5.69 Å². The van der Waals surface area contributed by atoms with E-state index in [1.165, 1.54) is 11.3 Å². The molecule has 0 amide bonds. The van der Waals surface area contributed by atoms with Gasteiger partial charge in [0.25, 0.3) is 0 Å². The highest BCUT2D eigenvalue weighted by molar-refractivity contribution is 5.20. The molecule has 0 atom stereocenters. The number of aryl methyl sites for hydroxylation is 2. The van der Waals surface area contributed by atoms with E-state index in [2.05, 4.69) is 17.1 Å². The number of nitrogens with one attached hydrogen (secondary N) is 1. The van der Waals surface area contributed by atoms with Gasteiger partial charge in [-0.15, -0.1) is 0 Å². The molecule has 2 heteroatoms. The number of hydrogen-bond acceptors (Lipinski definition) is 1. The minimum atomic E-state index is 1.10. The van der Waals surface area contributed by atoms with Crippen LogP contribution in [0.2, 0.25) is 0 Å². The second kappa shape index (κ2) is 4.09. The summed E-state index contributed by atoms with van der Waals surface area (Å²) in [7, 11) is 0. The van der Waals surface area contributed by atoms with Crippen LogP contribution in [0.3, 0.4) is 0 Å². The second-order valence-corrected chi connectivity index (χ2v) is 2.06. The molecule has 1 aromatic rings. The lowest BCUT2D eigenvalue weighted by molar-refractivity contribution is 1.02. The van der Waals surface area contributed by atoms with Crippen LogP contribution in [0.5, 0.6) is 0 Å². The predicted molar refractivity (Wildman–Crippen MR) is 44.1 cm³/mol. The Kier molecular flexibility index (Phi) is 3.77. The fourth-order valence-corrected chi connectivity index (χ4v) is 0.607. The highest BCUT2D eigenvalue weighted by Crippen LogP contribution is 2.04. The number of aromatic amines is 1. The molecule has 0 saturated heterocycles. The fraction of sp³-hybridized carbons (Fsp3) is 0.625. The molecule has 0 aliphatic heterocycles. The molecule has 0 saturated carbocycles. The van der Waals surface area contributed by atoms with Crippen LogP contribution >= 0.6 is 0 Å². The average molecular weight is 140 g/mol. The van der Waals surface area contributed by atoms with Crippen molar-refractivity contribution in [2.24, 2.45) is 0 Å². The molecule has 0 aliphatic carbocycles. The molecule has 1 heterocycles. The van der Waals surface area contributed by atoms with Crippen molar-refractivity contribution in [3.63, 3.8) is 0 Å². The zero-order valence-corrected chi connectivity index (χ0v) is 7.45. The molecule has 0 aromatic carbocycles. The van der Waals surface area contributed by atoms with Gasteiger partial charge in [0.15, 0.2) is 0 Å². The third-order valence-corrected chi connectivity index (χ3v) is 1.50. The lowest BCUT2D eigenvalue weighted by Gasteiger charge is -1.83. The molecular weight excluding hydrogens is 124 g/mol. The van der Waals surface area contributed by atoms with E-state index in [0.717, 1.165) is 5.69 Å². The summed E-state index contributed by atoms with van der Waals surface area (Å²) in [6.07, 6.45) is 0. The summed E-state index contributed by atoms with van der Waals surface area (Å²) in [4.78, 5) is 0. The molecule has 0 bridgehead atoms. The van der Waals surface area contributed by atoms with Gasteiger partial charge < -0.3 is 0 Å². The normalized spacial score (nSPS) is 8.50. The van der Waals surface area contributed by atoms with Crippen molar-refractivity contribution in [2.75, 3.05) is 0 Å². The van der Waals surface area contributed by atoms with Crippen molar-refractivity contribution >= 4 is 0 Å². The summed E-state index contributed by atoms with van der Waals surface area (Å²) in [6.45, 7) is 10.1. The Morgan fingerprint density at radius 2 is 1.60 bits per heavy atom. The van der Waals surface area contributed by atoms with Crippen LogP contribution in [-0.4, -0.2) is 10.2 Å². The number of aromatic nitrogens is 2. The summed E-state index contributed by atoms with van der Waals surface area (Å²) >= 11 is 0. The first-order valence-electron chi connectivity index (χ1n) is 3.70. The molecular formula is C8H16N2. The van der Waals surface area contributed by atoms with E-state index in [9.17, 15) is 0 Å². The summed E-state index contributed by atoms with van der Waals surface area (Å²) in [5.41, 5.74) is 3.54. The van der Waals surface area contributed by atoms with Crippen molar-refractivity contribution in [2.45, 2.75) is 34.6 Å². The third-order valence-electron chi connectivity index (χ3n) is 1.50. The van der Waals surface area contributed by atoms with Crippen LogP contribution < -0.4 is 0 Å². The largest absolute Gasteiger partial charge is 0.282 e. The number of hydrogen-bond donors (Lipinski definition) is 1. The van der Waals surface area contributed by atoms with Gasteiger partial charge in [-0.25, -0.2) is 0 Å². The Bertz CT molecular complexity index is 170. The molecule has 58 valence electrons. The Hall–Kier alpha value is -0.790. The van der Waals surface area contributed by atoms with Crippen LogP contribution in [0.25, 0.3) is 0 Å². The molecule has 0 spiro atoms. The Labute approximate surface area is 62.7 Å². The maximum Gasteiger partial charge on any atom is 0.0623 e. The van der Waals surface area contributed by atoms with Gasteiger partial charge in [-0.1, -0.05) is 13.8 Å². The second-order valence-electron chi connectivity index (χ2n) is 2.06. The molecule has 1 rings (SSSR count). The quantitative estimate of drug-likeness (QED) is 0.588. The molecule has 0 radical (unpaired) electrons. The van der Waals surface area contributed by atoms with E-state index in [0.29, 0.717) is 0 Å².